The molecule has 0 aliphatic rings. The van der Waals surface area contributed by atoms with Crippen LogP contribution in [0.25, 0.3) is 0 Å². The monoisotopic (exact) mass is 296 g/mol. The minimum Gasteiger partial charge on any atom is -0.342 e. The predicted octanol–water partition coefficient (Wildman–Crippen LogP) is 0.845. The van der Waals surface area contributed by atoms with Gasteiger partial charge < -0.3 is 4.90 Å². The second-order valence-corrected chi connectivity index (χ2v) is 7.90. The highest BCUT2D eigenvalue weighted by atomic mass is 32.2. The molecule has 0 saturated carbocycles. The molecule has 1 aromatic carbocycles. The number of thiol groups is 1. The summed E-state index contributed by atoms with van der Waals surface area (Å²) in [7, 11) is 1.12. The van der Waals surface area contributed by atoms with E-state index in [0.717, 1.165) is 23.5 Å². The fourth-order valence-electron chi connectivity index (χ4n) is 2.19. The molecule has 0 aromatic heterocycles. The van der Waals surface area contributed by atoms with Crippen LogP contribution in [-0.2, 0) is 21.3 Å². The molecule has 0 fully saturated rings. The maximum Gasteiger partial charge on any atom is 0.219 e. The number of carbonyl (C=O) groups excluding carboxylic acids is 1. The summed E-state index contributed by atoms with van der Waals surface area (Å²) in [6.45, 7) is 7.73. The number of benzene rings is 1. The Morgan fingerprint density at radius 1 is 1.20 bits per heavy atom. The fraction of sp³-hybridized carbons (Fsp3) is 0.500. The summed E-state index contributed by atoms with van der Waals surface area (Å²) in [5.41, 5.74) is 1.05. The molecular formula is C14H25BN2O2S. The molecule has 0 saturated heterocycles. The highest BCUT2D eigenvalue weighted by molar-refractivity contribution is 8.20. The van der Waals surface area contributed by atoms with Gasteiger partial charge in [-0.05, 0) is 17.7 Å². The van der Waals surface area contributed by atoms with Crippen molar-refractivity contribution in [3.05, 3.63) is 29.8 Å². The molecule has 0 radical (unpaired) electrons. The number of nitrogens with zero attached hydrogens (tertiary/aromatic N) is 2. The number of carbonyl (C=O) groups is 1. The van der Waals surface area contributed by atoms with Gasteiger partial charge in [-0.3, -0.25) is 13.3 Å². The first-order chi connectivity index (χ1) is 9.32. The number of hydrogen-bond donors (Lipinski definition) is 1. The molecule has 0 N–H and O–H groups in total. The summed E-state index contributed by atoms with van der Waals surface area (Å²) in [6, 6.07) is 7.74. The van der Waals surface area contributed by atoms with Crippen molar-refractivity contribution in [1.82, 2.24) is 9.21 Å². The number of amides is 1. The van der Waals surface area contributed by atoms with Gasteiger partial charge in [0.25, 0.3) is 0 Å². The van der Waals surface area contributed by atoms with Crippen molar-refractivity contribution in [2.45, 2.75) is 32.2 Å². The van der Waals surface area contributed by atoms with E-state index in [1.54, 1.807) is 18.9 Å². The van der Waals surface area contributed by atoms with E-state index in [0.29, 0.717) is 6.54 Å². The van der Waals surface area contributed by atoms with Crippen LogP contribution in [0.1, 0.15) is 26.3 Å². The predicted molar refractivity (Wildman–Crippen MR) is 87.9 cm³/mol. The molecule has 6 heteroatoms. The Balaban J connectivity index is 2.91. The minimum atomic E-state index is -2.48. The second kappa shape index (κ2) is 7.04. The molecular weight excluding hydrogens is 271 g/mol. The van der Waals surface area contributed by atoms with Gasteiger partial charge in [-0.15, -0.1) is 0 Å². The average Bonchev–Trinajstić information content (AvgIpc) is 2.40. The van der Waals surface area contributed by atoms with E-state index >= 15 is 0 Å². The molecule has 112 valence electrons. The van der Waals surface area contributed by atoms with Gasteiger partial charge in [0, 0.05) is 38.5 Å². The van der Waals surface area contributed by atoms with Gasteiger partial charge >= 0.3 is 0 Å². The summed E-state index contributed by atoms with van der Waals surface area (Å²) >= 11 is 0. The fourth-order valence-corrected chi connectivity index (χ4v) is 4.30. The Morgan fingerprint density at radius 3 is 2.10 bits per heavy atom. The molecule has 4 nitrogen and oxygen atoms in total. The lowest BCUT2D eigenvalue weighted by Gasteiger charge is -2.32. The maximum absolute atomic E-state index is 12.9. The molecule has 20 heavy (non-hydrogen) atoms. The first-order valence-corrected chi connectivity index (χ1v) is 9.07. The van der Waals surface area contributed by atoms with Gasteiger partial charge in [0.1, 0.15) is 0 Å². The zero-order valence-electron chi connectivity index (χ0n) is 13.1. The van der Waals surface area contributed by atoms with Crippen LogP contribution < -0.4 is 0 Å². The minimum absolute atomic E-state index is 0.0402. The molecule has 0 unspecified atom stereocenters. The van der Waals surface area contributed by atoms with Gasteiger partial charge in [-0.2, -0.15) is 0 Å². The molecule has 1 aromatic rings. The largest absolute Gasteiger partial charge is 0.342 e. The summed E-state index contributed by atoms with van der Waals surface area (Å²) in [6.07, 6.45) is 0. The first kappa shape index (κ1) is 16.9. The lowest BCUT2D eigenvalue weighted by molar-refractivity contribution is -0.128. The van der Waals surface area contributed by atoms with Crippen LogP contribution in [-0.4, -0.2) is 46.6 Å². The van der Waals surface area contributed by atoms with E-state index in [9.17, 15) is 9.00 Å². The third-order valence-corrected chi connectivity index (χ3v) is 6.54. The zero-order chi connectivity index (χ0) is 15.3. The van der Waals surface area contributed by atoms with Crippen molar-refractivity contribution in [3.8, 4) is 0 Å². The van der Waals surface area contributed by atoms with Crippen LogP contribution in [0.2, 0.25) is 0 Å². The van der Waals surface area contributed by atoms with Crippen molar-refractivity contribution in [2.75, 3.05) is 20.1 Å². The van der Waals surface area contributed by atoms with Crippen molar-refractivity contribution < 1.29 is 9.00 Å². The van der Waals surface area contributed by atoms with Crippen LogP contribution in [0, 0.1) is 0 Å². The summed E-state index contributed by atoms with van der Waals surface area (Å²) < 4.78 is 14.9. The standard InChI is InChI=1S/C14H25BN2O2S/c1-5-17(6-2)20(15,19)14-9-7-13(8-10-14)11-16(4)12(3)18/h7-10,20H,5-6,11,15H2,1-4H3. The van der Waals surface area contributed by atoms with E-state index in [1.165, 1.54) is 0 Å². The van der Waals surface area contributed by atoms with E-state index in [-0.39, 0.29) is 5.91 Å². The van der Waals surface area contributed by atoms with E-state index in [2.05, 4.69) is 0 Å². The lowest BCUT2D eigenvalue weighted by Crippen LogP contribution is -2.36. The third kappa shape index (κ3) is 3.93. The van der Waals surface area contributed by atoms with Crippen LogP contribution in [0.15, 0.2) is 29.2 Å². The summed E-state index contributed by atoms with van der Waals surface area (Å²) in [4.78, 5) is 13.7. The lowest BCUT2D eigenvalue weighted by atomic mass is 10.2. The molecule has 0 heterocycles. The van der Waals surface area contributed by atoms with Crippen LogP contribution in [0.5, 0.6) is 0 Å². The van der Waals surface area contributed by atoms with Gasteiger partial charge in [0.2, 0.25) is 13.0 Å². The Bertz CT molecular complexity index is 500. The summed E-state index contributed by atoms with van der Waals surface area (Å²) in [5, 5.41) is 0. The molecule has 0 spiro atoms. The van der Waals surface area contributed by atoms with E-state index in [1.807, 2.05) is 49.5 Å². The second-order valence-electron chi connectivity index (χ2n) is 5.06. The Hall–Kier alpha value is -1.14. The van der Waals surface area contributed by atoms with Gasteiger partial charge in [0.15, 0.2) is 0 Å². The van der Waals surface area contributed by atoms with Crippen LogP contribution in [0.3, 0.4) is 0 Å². The molecule has 0 aliphatic heterocycles. The highest BCUT2D eigenvalue weighted by Crippen LogP contribution is 2.20. The topological polar surface area (TPSA) is 40.6 Å². The van der Waals surface area contributed by atoms with Crippen molar-refractivity contribution >= 4 is 23.0 Å². The van der Waals surface area contributed by atoms with E-state index in [4.69, 9.17) is 0 Å². The number of hydrogen-bond acceptors (Lipinski definition) is 2. The highest BCUT2D eigenvalue weighted by Gasteiger charge is 2.18. The van der Waals surface area contributed by atoms with Crippen LogP contribution in [0.4, 0.5) is 0 Å². The van der Waals surface area contributed by atoms with Crippen molar-refractivity contribution in [1.29, 1.82) is 0 Å². The van der Waals surface area contributed by atoms with Gasteiger partial charge in [-0.1, -0.05) is 36.0 Å². The Morgan fingerprint density at radius 2 is 1.70 bits per heavy atom. The normalized spacial score (nSPS) is 12.4. The third-order valence-electron chi connectivity index (χ3n) is 3.64. The van der Waals surface area contributed by atoms with Crippen molar-refractivity contribution in [3.63, 3.8) is 0 Å². The summed E-state index contributed by atoms with van der Waals surface area (Å²) in [5.74, 6) is 0.0402. The van der Waals surface area contributed by atoms with Gasteiger partial charge in [-0.25, -0.2) is 0 Å². The molecule has 0 aliphatic carbocycles. The van der Waals surface area contributed by atoms with Crippen molar-refractivity contribution in [2.24, 2.45) is 0 Å². The van der Waals surface area contributed by atoms with Gasteiger partial charge in [0.05, 0.1) is 0 Å². The molecule has 0 atom stereocenters. The molecule has 1 rings (SSSR count). The zero-order valence-corrected chi connectivity index (χ0v) is 14.0. The Labute approximate surface area is 124 Å². The smallest absolute Gasteiger partial charge is 0.219 e. The van der Waals surface area contributed by atoms with E-state index < -0.39 is 9.97 Å². The maximum atomic E-state index is 12.9. The number of rotatable bonds is 6. The molecule has 0 bridgehead atoms. The first-order valence-electron chi connectivity index (χ1n) is 6.97. The average molecular weight is 296 g/mol. The quantitative estimate of drug-likeness (QED) is 0.624. The Kier molecular flexibility index (Phi) is 5.96. The SMILES string of the molecule is B[SH](=O)(c1ccc(CN(C)C(C)=O)cc1)N(CC)CC. The molecule has 1 amide bonds. The van der Waals surface area contributed by atoms with Crippen LogP contribution >= 0.6 is 0 Å².